The molecule has 1 amide bonds. The van der Waals surface area contributed by atoms with E-state index in [0.29, 0.717) is 26.9 Å². The van der Waals surface area contributed by atoms with E-state index in [2.05, 4.69) is 5.32 Å². The lowest BCUT2D eigenvalue weighted by Gasteiger charge is -2.10. The van der Waals surface area contributed by atoms with Crippen molar-refractivity contribution in [1.29, 1.82) is 0 Å². The van der Waals surface area contributed by atoms with Gasteiger partial charge in [0.05, 0.1) is 13.7 Å². The number of carbonyl (C=O) groups is 2. The molecule has 1 N–H and O–H groups in total. The number of ether oxygens (including phenoxy) is 2. The largest absolute Gasteiger partial charge is 0.497 e. The van der Waals surface area contributed by atoms with E-state index >= 15 is 0 Å². The van der Waals surface area contributed by atoms with Gasteiger partial charge in [-0.2, -0.15) is 0 Å². The van der Waals surface area contributed by atoms with Crippen LogP contribution in [0.4, 0.5) is 5.00 Å². The molecule has 0 bridgehead atoms. The van der Waals surface area contributed by atoms with E-state index in [0.717, 1.165) is 16.0 Å². The maximum absolute atomic E-state index is 12.8. The van der Waals surface area contributed by atoms with Crippen LogP contribution in [0.25, 0.3) is 11.1 Å². The summed E-state index contributed by atoms with van der Waals surface area (Å²) in [5, 5.41) is 3.90. The topological polar surface area (TPSA) is 64.6 Å². The van der Waals surface area contributed by atoms with E-state index in [4.69, 9.17) is 21.1 Å². The Morgan fingerprint density at radius 2 is 1.86 bits per heavy atom. The van der Waals surface area contributed by atoms with Crippen molar-refractivity contribution in [3.8, 4) is 16.9 Å². The molecule has 0 spiro atoms. The Bertz CT molecular complexity index is 1040. The second-order valence-electron chi connectivity index (χ2n) is 6.15. The number of nitrogens with one attached hydrogen (secondary N) is 1. The zero-order valence-corrected chi connectivity index (χ0v) is 17.8. The normalized spacial score (nSPS) is 10.5. The van der Waals surface area contributed by atoms with Crippen molar-refractivity contribution in [2.45, 2.75) is 13.8 Å². The molecular weight excluding hydrogens is 410 g/mol. The van der Waals surface area contributed by atoms with Crippen LogP contribution in [-0.4, -0.2) is 25.6 Å². The van der Waals surface area contributed by atoms with Gasteiger partial charge in [-0.05, 0) is 49.7 Å². The highest BCUT2D eigenvalue weighted by Crippen LogP contribution is 2.41. The summed E-state index contributed by atoms with van der Waals surface area (Å²) in [4.78, 5) is 26.4. The molecule has 3 rings (SSSR count). The molecule has 0 unspecified atom stereocenters. The van der Waals surface area contributed by atoms with Crippen molar-refractivity contribution in [2.24, 2.45) is 0 Å². The van der Waals surface area contributed by atoms with E-state index in [9.17, 15) is 9.59 Å². The lowest BCUT2D eigenvalue weighted by Crippen LogP contribution is -2.15. The molecule has 0 aliphatic heterocycles. The van der Waals surface area contributed by atoms with Crippen molar-refractivity contribution in [3.63, 3.8) is 0 Å². The average Bonchev–Trinajstić information content (AvgIpc) is 3.04. The Hall–Kier alpha value is -2.83. The summed E-state index contributed by atoms with van der Waals surface area (Å²) in [6, 6.07) is 14.0. The molecule has 150 valence electrons. The minimum atomic E-state index is -0.484. The van der Waals surface area contributed by atoms with Crippen LogP contribution in [0.15, 0.2) is 48.5 Å². The smallest absolute Gasteiger partial charge is 0.341 e. The van der Waals surface area contributed by atoms with Crippen LogP contribution in [0.2, 0.25) is 5.02 Å². The summed E-state index contributed by atoms with van der Waals surface area (Å²) in [6.07, 6.45) is 0. The molecule has 0 fully saturated rings. The minimum absolute atomic E-state index is 0.233. The van der Waals surface area contributed by atoms with Gasteiger partial charge in [-0.3, -0.25) is 4.79 Å². The monoisotopic (exact) mass is 429 g/mol. The molecule has 0 atom stereocenters. The van der Waals surface area contributed by atoms with Gasteiger partial charge in [-0.1, -0.05) is 29.8 Å². The Morgan fingerprint density at radius 3 is 2.52 bits per heavy atom. The van der Waals surface area contributed by atoms with Crippen LogP contribution in [0, 0.1) is 6.92 Å². The van der Waals surface area contributed by atoms with Gasteiger partial charge in [0, 0.05) is 21.0 Å². The average molecular weight is 430 g/mol. The molecule has 0 radical (unpaired) electrons. The van der Waals surface area contributed by atoms with Crippen molar-refractivity contribution in [1.82, 2.24) is 0 Å². The van der Waals surface area contributed by atoms with Crippen LogP contribution in [0.3, 0.4) is 0 Å². The van der Waals surface area contributed by atoms with Crippen molar-refractivity contribution < 1.29 is 19.1 Å². The summed E-state index contributed by atoms with van der Waals surface area (Å²) in [6.45, 7) is 3.88. The lowest BCUT2D eigenvalue weighted by molar-refractivity contribution is 0.0529. The molecule has 3 aromatic rings. The minimum Gasteiger partial charge on any atom is -0.497 e. The molecule has 2 aromatic carbocycles. The second-order valence-corrected chi connectivity index (χ2v) is 7.81. The molecule has 7 heteroatoms. The molecule has 0 aliphatic rings. The summed E-state index contributed by atoms with van der Waals surface area (Å²) in [5.74, 6) is -0.242. The first kappa shape index (κ1) is 20.9. The third-order valence-corrected chi connectivity index (χ3v) is 5.53. The number of esters is 1. The number of amides is 1. The van der Waals surface area contributed by atoms with Gasteiger partial charge < -0.3 is 14.8 Å². The van der Waals surface area contributed by atoms with Gasteiger partial charge in [-0.25, -0.2) is 4.79 Å². The molecular formula is C22H20ClNO4S. The fourth-order valence-electron chi connectivity index (χ4n) is 2.93. The Morgan fingerprint density at radius 1 is 1.14 bits per heavy atom. The van der Waals surface area contributed by atoms with Gasteiger partial charge in [0.25, 0.3) is 5.91 Å². The number of hydrogen-bond acceptors (Lipinski definition) is 5. The predicted octanol–water partition coefficient (Wildman–Crippen LogP) is 5.81. The first-order valence-electron chi connectivity index (χ1n) is 8.96. The second kappa shape index (κ2) is 9.11. The number of hydrogen-bond donors (Lipinski definition) is 1. The van der Waals surface area contributed by atoms with E-state index in [-0.39, 0.29) is 12.5 Å². The molecule has 1 aromatic heterocycles. The van der Waals surface area contributed by atoms with Crippen LogP contribution >= 0.6 is 22.9 Å². The molecule has 0 aliphatic carbocycles. The number of thiophene rings is 1. The van der Waals surface area contributed by atoms with Crippen LogP contribution in [0.5, 0.6) is 5.75 Å². The van der Waals surface area contributed by atoms with Gasteiger partial charge in [0.15, 0.2) is 0 Å². The summed E-state index contributed by atoms with van der Waals surface area (Å²) < 4.78 is 10.4. The first-order valence-corrected chi connectivity index (χ1v) is 10.2. The number of halogens is 1. The third-order valence-electron chi connectivity index (χ3n) is 4.26. The number of anilines is 1. The van der Waals surface area contributed by atoms with Gasteiger partial charge in [0.1, 0.15) is 16.3 Å². The van der Waals surface area contributed by atoms with Crippen molar-refractivity contribution in [3.05, 3.63) is 69.6 Å². The zero-order chi connectivity index (χ0) is 21.0. The fourth-order valence-corrected chi connectivity index (χ4v) is 4.12. The number of rotatable bonds is 6. The highest BCUT2D eigenvalue weighted by atomic mass is 35.5. The van der Waals surface area contributed by atoms with Gasteiger partial charge >= 0.3 is 5.97 Å². The summed E-state index contributed by atoms with van der Waals surface area (Å²) in [5.41, 5.74) is 2.32. The highest BCUT2D eigenvalue weighted by molar-refractivity contribution is 7.17. The Balaban J connectivity index is 2.04. The quantitative estimate of drug-likeness (QED) is 0.502. The van der Waals surface area contributed by atoms with Crippen LogP contribution in [0.1, 0.15) is 32.5 Å². The Kier molecular flexibility index (Phi) is 6.56. The third kappa shape index (κ3) is 4.60. The molecule has 29 heavy (non-hydrogen) atoms. The van der Waals surface area contributed by atoms with E-state index < -0.39 is 5.97 Å². The first-order chi connectivity index (χ1) is 13.9. The maximum Gasteiger partial charge on any atom is 0.341 e. The van der Waals surface area contributed by atoms with Crippen molar-refractivity contribution in [2.75, 3.05) is 19.0 Å². The highest BCUT2D eigenvalue weighted by Gasteiger charge is 2.25. The number of aryl methyl sites for hydroxylation is 1. The fraction of sp³-hybridized carbons (Fsp3) is 0.182. The zero-order valence-electron chi connectivity index (χ0n) is 16.2. The van der Waals surface area contributed by atoms with Gasteiger partial charge in [0.2, 0.25) is 0 Å². The SMILES string of the molecule is CCOC(=O)c1c(NC(=O)c2cccc(OC)c2)sc(C)c1-c1ccc(Cl)cc1. The maximum atomic E-state index is 12.8. The lowest BCUT2D eigenvalue weighted by atomic mass is 10.0. The van der Waals surface area contributed by atoms with E-state index in [1.807, 2.05) is 19.1 Å². The summed E-state index contributed by atoms with van der Waals surface area (Å²) in [7, 11) is 1.54. The van der Waals surface area contributed by atoms with Gasteiger partial charge in [-0.15, -0.1) is 11.3 Å². The number of carbonyl (C=O) groups excluding carboxylic acids is 2. The van der Waals surface area contributed by atoms with Crippen LogP contribution in [-0.2, 0) is 4.74 Å². The molecule has 1 heterocycles. The van der Waals surface area contributed by atoms with E-state index in [1.54, 1.807) is 43.3 Å². The number of benzene rings is 2. The number of methoxy groups -OCH3 is 1. The Labute approximate surface area is 178 Å². The molecule has 0 saturated carbocycles. The van der Waals surface area contributed by atoms with E-state index in [1.165, 1.54) is 18.4 Å². The predicted molar refractivity (Wildman–Crippen MR) is 116 cm³/mol. The van der Waals surface area contributed by atoms with Crippen molar-refractivity contribution >= 4 is 39.8 Å². The molecule has 5 nitrogen and oxygen atoms in total. The standard InChI is InChI=1S/C22H20ClNO4S/c1-4-28-22(26)19-18(14-8-10-16(23)11-9-14)13(2)29-21(19)24-20(25)15-6-5-7-17(12-15)27-3/h5-12H,4H2,1-3H3,(H,24,25). The molecule has 0 saturated heterocycles. The van der Waals surface area contributed by atoms with Crippen LogP contribution < -0.4 is 10.1 Å². The summed E-state index contributed by atoms with van der Waals surface area (Å²) >= 11 is 7.33.